The van der Waals surface area contributed by atoms with Crippen molar-refractivity contribution >= 4 is 5.69 Å². The highest BCUT2D eigenvalue weighted by molar-refractivity contribution is 5.61. The molecule has 0 saturated carbocycles. The fraction of sp³-hybridized carbons (Fsp3) is 0. The van der Waals surface area contributed by atoms with Gasteiger partial charge in [-0.25, -0.2) is 4.98 Å². The molecule has 0 atom stereocenters. The molecule has 0 aliphatic carbocycles. The summed E-state index contributed by atoms with van der Waals surface area (Å²) in [6.45, 7) is 0. The van der Waals surface area contributed by atoms with Gasteiger partial charge in [-0.05, 0) is 18.2 Å². The lowest BCUT2D eigenvalue weighted by molar-refractivity contribution is 1.02. The van der Waals surface area contributed by atoms with E-state index in [4.69, 9.17) is 16.3 Å². The van der Waals surface area contributed by atoms with Gasteiger partial charge in [0, 0.05) is 12.4 Å². The van der Waals surface area contributed by atoms with Crippen LogP contribution in [0.1, 0.15) is 11.4 Å². The van der Waals surface area contributed by atoms with Crippen molar-refractivity contribution in [2.24, 2.45) is 0 Å². The molecule has 16 heavy (non-hydrogen) atoms. The molecule has 1 heterocycles. The molecule has 0 saturated heterocycles. The predicted molar refractivity (Wildman–Crippen MR) is 57.4 cm³/mol. The first-order valence-electron chi connectivity index (χ1n) is 4.49. The first-order valence-corrected chi connectivity index (χ1v) is 4.49. The van der Waals surface area contributed by atoms with Crippen LogP contribution in [0.4, 0.5) is 5.69 Å². The lowest BCUT2D eigenvalue weighted by atomic mass is 10.2. The van der Waals surface area contributed by atoms with Crippen molar-refractivity contribution < 1.29 is 0 Å². The molecule has 0 amide bonds. The third kappa shape index (κ3) is 1.47. The van der Waals surface area contributed by atoms with E-state index in [9.17, 15) is 0 Å². The number of nitrogens with zero attached hydrogens (tertiary/aromatic N) is 4. The maximum Gasteiger partial charge on any atom is 0.217 e. The molecule has 2 rings (SSSR count). The van der Waals surface area contributed by atoms with E-state index in [1.807, 2.05) is 12.1 Å². The second-order valence-corrected chi connectivity index (χ2v) is 3.12. The van der Waals surface area contributed by atoms with Gasteiger partial charge in [-0.15, -0.1) is 0 Å². The Labute approximate surface area is 92.0 Å². The van der Waals surface area contributed by atoms with E-state index in [1.165, 1.54) is 6.20 Å². The molecule has 76 valence electrons. The van der Waals surface area contributed by atoms with Crippen molar-refractivity contribution in [3.63, 3.8) is 0 Å². The van der Waals surface area contributed by atoms with Crippen molar-refractivity contribution in [2.75, 3.05) is 5.73 Å². The second kappa shape index (κ2) is 3.76. The van der Waals surface area contributed by atoms with Crippen molar-refractivity contribution in [2.45, 2.75) is 0 Å². The van der Waals surface area contributed by atoms with E-state index in [2.05, 4.69) is 4.98 Å². The molecule has 0 aliphatic heterocycles. The number of anilines is 1. The molecule has 1 aromatic carbocycles. The van der Waals surface area contributed by atoms with Gasteiger partial charge in [-0.3, -0.25) is 4.57 Å². The maximum atomic E-state index is 8.85. The van der Waals surface area contributed by atoms with E-state index < -0.39 is 0 Å². The summed E-state index contributed by atoms with van der Waals surface area (Å²) in [4.78, 5) is 3.87. The van der Waals surface area contributed by atoms with Gasteiger partial charge in [-0.2, -0.15) is 10.5 Å². The van der Waals surface area contributed by atoms with Crippen LogP contribution in [0.2, 0.25) is 0 Å². The van der Waals surface area contributed by atoms with Crippen LogP contribution in [0.15, 0.2) is 30.6 Å². The predicted octanol–water partition coefficient (Wildman–Crippen LogP) is 1.20. The first kappa shape index (κ1) is 9.75. The van der Waals surface area contributed by atoms with E-state index in [0.717, 1.165) is 0 Å². The molecule has 2 aromatic rings. The van der Waals surface area contributed by atoms with Gasteiger partial charge in [0.2, 0.25) is 5.82 Å². The number of hydrogen-bond donors (Lipinski definition) is 1. The number of benzene rings is 1. The summed E-state index contributed by atoms with van der Waals surface area (Å²) >= 11 is 0. The normalized spacial score (nSPS) is 9.38. The molecule has 0 fully saturated rings. The van der Waals surface area contributed by atoms with Crippen LogP contribution < -0.4 is 5.73 Å². The molecule has 0 radical (unpaired) electrons. The van der Waals surface area contributed by atoms with E-state index >= 15 is 0 Å². The Morgan fingerprint density at radius 2 is 2.06 bits per heavy atom. The number of nitrogens with two attached hydrogens (primary N) is 1. The minimum Gasteiger partial charge on any atom is -0.397 e. The molecule has 0 spiro atoms. The second-order valence-electron chi connectivity index (χ2n) is 3.12. The number of hydrogen-bond acceptors (Lipinski definition) is 4. The SMILES string of the molecule is N#Cc1ccc(N)c(-n2ccnc2C#N)c1. The summed E-state index contributed by atoms with van der Waals surface area (Å²) in [5.41, 5.74) is 7.36. The van der Waals surface area contributed by atoms with Crippen LogP contribution >= 0.6 is 0 Å². The fourth-order valence-corrected chi connectivity index (χ4v) is 1.40. The third-order valence-corrected chi connectivity index (χ3v) is 2.16. The Balaban J connectivity index is 2.65. The van der Waals surface area contributed by atoms with Crippen LogP contribution in [-0.4, -0.2) is 9.55 Å². The van der Waals surface area contributed by atoms with E-state index in [-0.39, 0.29) is 5.82 Å². The zero-order valence-corrected chi connectivity index (χ0v) is 8.25. The summed E-state index contributed by atoms with van der Waals surface area (Å²) in [6, 6.07) is 8.86. The van der Waals surface area contributed by atoms with Crippen molar-refractivity contribution in [3.05, 3.63) is 42.0 Å². The van der Waals surface area contributed by atoms with Gasteiger partial charge in [0.25, 0.3) is 0 Å². The molecule has 0 bridgehead atoms. The molecular weight excluding hydrogens is 202 g/mol. The topological polar surface area (TPSA) is 91.4 Å². The molecule has 0 unspecified atom stereocenters. The molecule has 5 nitrogen and oxygen atoms in total. The zero-order chi connectivity index (χ0) is 11.5. The summed E-state index contributed by atoms with van der Waals surface area (Å²) in [5, 5.41) is 17.6. The number of rotatable bonds is 1. The standard InChI is InChI=1S/C11H7N5/c12-6-8-1-2-9(14)10(5-8)16-4-3-15-11(16)7-13/h1-5H,14H2. The van der Waals surface area contributed by atoms with Crippen LogP contribution in [0.25, 0.3) is 5.69 Å². The summed E-state index contributed by atoms with van der Waals surface area (Å²) < 4.78 is 1.55. The van der Waals surface area contributed by atoms with Crippen LogP contribution in [0.3, 0.4) is 0 Å². The van der Waals surface area contributed by atoms with Gasteiger partial charge in [0.1, 0.15) is 6.07 Å². The van der Waals surface area contributed by atoms with E-state index in [1.54, 1.807) is 29.0 Å². The summed E-state index contributed by atoms with van der Waals surface area (Å²) in [6.07, 6.45) is 3.14. The van der Waals surface area contributed by atoms with E-state index in [0.29, 0.717) is 16.9 Å². The van der Waals surface area contributed by atoms with Gasteiger partial charge in [-0.1, -0.05) is 0 Å². The number of imidazole rings is 1. The fourth-order valence-electron chi connectivity index (χ4n) is 1.40. The minimum atomic E-state index is 0.238. The van der Waals surface area contributed by atoms with Gasteiger partial charge in [0.15, 0.2) is 0 Å². The third-order valence-electron chi connectivity index (χ3n) is 2.16. The summed E-state index contributed by atoms with van der Waals surface area (Å²) in [5.74, 6) is 0.238. The van der Waals surface area contributed by atoms with Gasteiger partial charge < -0.3 is 5.73 Å². The smallest absolute Gasteiger partial charge is 0.217 e. The molecule has 2 N–H and O–H groups in total. The number of nitrogen functional groups attached to an aromatic ring is 1. The minimum absolute atomic E-state index is 0.238. The average molecular weight is 209 g/mol. The van der Waals surface area contributed by atoms with Crippen molar-refractivity contribution in [1.82, 2.24) is 9.55 Å². The largest absolute Gasteiger partial charge is 0.397 e. The Kier molecular flexibility index (Phi) is 2.29. The molecule has 1 aromatic heterocycles. The lowest BCUT2D eigenvalue weighted by Crippen LogP contribution is -2.01. The highest BCUT2D eigenvalue weighted by Crippen LogP contribution is 2.19. The monoisotopic (exact) mass is 209 g/mol. The van der Waals surface area contributed by atoms with Crippen molar-refractivity contribution in [1.29, 1.82) is 10.5 Å². The average Bonchev–Trinajstić information content (AvgIpc) is 2.77. The Bertz CT molecular complexity index is 612. The molecule has 5 heteroatoms. The Hall–Kier alpha value is -2.79. The Morgan fingerprint density at radius 3 is 2.75 bits per heavy atom. The molecular formula is C11H7N5. The lowest BCUT2D eigenvalue weighted by Gasteiger charge is -2.07. The van der Waals surface area contributed by atoms with Gasteiger partial charge >= 0.3 is 0 Å². The molecule has 0 aliphatic rings. The number of aromatic nitrogens is 2. The van der Waals surface area contributed by atoms with Crippen LogP contribution in [0, 0.1) is 22.7 Å². The maximum absolute atomic E-state index is 8.85. The highest BCUT2D eigenvalue weighted by Gasteiger charge is 2.07. The quantitative estimate of drug-likeness (QED) is 0.714. The van der Waals surface area contributed by atoms with Crippen LogP contribution in [0.5, 0.6) is 0 Å². The Morgan fingerprint density at radius 1 is 1.25 bits per heavy atom. The van der Waals surface area contributed by atoms with Gasteiger partial charge in [0.05, 0.1) is 23.0 Å². The first-order chi connectivity index (χ1) is 7.76. The number of nitriles is 2. The highest BCUT2D eigenvalue weighted by atomic mass is 15.1. The van der Waals surface area contributed by atoms with Crippen molar-refractivity contribution in [3.8, 4) is 17.8 Å². The zero-order valence-electron chi connectivity index (χ0n) is 8.25. The van der Waals surface area contributed by atoms with Crippen LogP contribution in [-0.2, 0) is 0 Å². The summed E-state index contributed by atoms with van der Waals surface area (Å²) in [7, 11) is 0.